The highest BCUT2D eigenvalue weighted by Gasteiger charge is 2.79. The van der Waals surface area contributed by atoms with Crippen LogP contribution in [0.5, 0.6) is 0 Å². The first kappa shape index (κ1) is 38.6. The Bertz CT molecular complexity index is 1690. The molecule has 10 aliphatic rings. The fraction of sp³-hybridized carbons (Fsp3) is 0.857. The van der Waals surface area contributed by atoms with Crippen LogP contribution in [0.3, 0.4) is 0 Å². The summed E-state index contributed by atoms with van der Waals surface area (Å²) in [6.45, 7) is 4.72. The highest BCUT2D eigenvalue weighted by atomic mass is 16.6. The standard InChI is InChI=1S/C42H60N2O11/c1-37-13-9-25(54-16-6-15-53-3)17-28(37)30(46)19-32-40(37)12-5-8-24-21-44(24)36(48)29-18-26-27(22-45)34(55-33(26)35(47)43-29)42(51,52)38(2,49)31-10-14-41(32,50)39(31)11-4-7-23(40)20-39/h19,23-29,31,33-35,43,45,47,49-52H,4,6-11,13-18,20-22H2,1-3H3/t23-,24-,25-,26+,27+,28-,29-,31+,33-,34-,35-,37-,38-,39+,40+,41+,44?/m0/s1. The van der Waals surface area contributed by atoms with Gasteiger partial charge in [0, 0.05) is 63.1 Å². The molecule has 16 atom stereocenters. The van der Waals surface area contributed by atoms with E-state index in [0.29, 0.717) is 57.4 Å². The Hall–Kier alpha value is -1.96. The lowest BCUT2D eigenvalue weighted by Crippen LogP contribution is -2.72. The van der Waals surface area contributed by atoms with Crippen LogP contribution in [0.2, 0.25) is 0 Å². The minimum absolute atomic E-state index is 0.0450. The van der Waals surface area contributed by atoms with Crippen LogP contribution < -0.4 is 5.32 Å². The molecule has 5 aliphatic carbocycles. The number of rotatable bonds is 6. The van der Waals surface area contributed by atoms with Crippen LogP contribution in [0.1, 0.15) is 90.9 Å². The van der Waals surface area contributed by atoms with Gasteiger partial charge < -0.3 is 49.7 Å². The Kier molecular flexibility index (Phi) is 9.13. The third-order valence-electron chi connectivity index (χ3n) is 17.0. The highest BCUT2D eigenvalue weighted by molar-refractivity contribution is 5.96. The average Bonchev–Trinajstić information content (AvgIpc) is 3.72. The van der Waals surface area contributed by atoms with Crippen LogP contribution in [0.15, 0.2) is 11.6 Å². The summed E-state index contributed by atoms with van der Waals surface area (Å²) in [6.07, 6.45) is 4.20. The number of piperidine rings is 1. The summed E-state index contributed by atoms with van der Waals surface area (Å²) in [5, 5.41) is 75.8. The number of fused-ring (bicyclic) bond motifs is 3. The second-order valence-electron chi connectivity index (χ2n) is 19.2. The fourth-order valence-electron chi connectivity index (χ4n) is 14.2. The fourth-order valence-corrected chi connectivity index (χ4v) is 14.2. The number of hydrogen-bond donors (Lipinski definition) is 7. The van der Waals surface area contributed by atoms with Crippen LogP contribution in [0.4, 0.5) is 0 Å². The summed E-state index contributed by atoms with van der Waals surface area (Å²) in [6, 6.07) is -0.906. The number of aliphatic hydroxyl groups is 6. The zero-order valence-corrected chi connectivity index (χ0v) is 32.4. The largest absolute Gasteiger partial charge is 0.396 e. The maximum atomic E-state index is 14.6. The van der Waals surface area contributed by atoms with Crippen molar-refractivity contribution in [3.8, 4) is 11.8 Å². The lowest BCUT2D eigenvalue weighted by Gasteiger charge is -2.69. The summed E-state index contributed by atoms with van der Waals surface area (Å²) in [5.74, 6) is 1.40. The molecular weight excluding hydrogens is 708 g/mol. The van der Waals surface area contributed by atoms with Gasteiger partial charge in [0.15, 0.2) is 5.78 Å². The van der Waals surface area contributed by atoms with E-state index in [0.717, 1.165) is 25.7 Å². The third kappa shape index (κ3) is 5.09. The monoisotopic (exact) mass is 768 g/mol. The van der Waals surface area contributed by atoms with E-state index >= 15 is 0 Å². The molecule has 7 fully saturated rings. The number of hydrogen-bond acceptors (Lipinski definition) is 12. The molecule has 3 saturated heterocycles. The van der Waals surface area contributed by atoms with E-state index in [1.54, 1.807) is 18.1 Å². The van der Waals surface area contributed by atoms with Gasteiger partial charge in [-0.05, 0) is 100 Å². The lowest BCUT2D eigenvalue weighted by atomic mass is 9.34. The van der Waals surface area contributed by atoms with Gasteiger partial charge in [-0.15, -0.1) is 5.92 Å². The Balaban J connectivity index is 1.18. The van der Waals surface area contributed by atoms with Crippen LogP contribution in [0.25, 0.3) is 0 Å². The number of nitrogens with zero attached hydrogens (tertiary/aromatic N) is 1. The molecule has 0 radical (unpaired) electrons. The van der Waals surface area contributed by atoms with E-state index in [4.69, 9.17) is 14.2 Å². The second-order valence-corrected chi connectivity index (χ2v) is 19.2. The van der Waals surface area contributed by atoms with Crippen molar-refractivity contribution in [2.24, 2.45) is 45.8 Å². The summed E-state index contributed by atoms with van der Waals surface area (Å²) in [4.78, 5) is 30.2. The number of allylic oxidation sites excluding steroid dienone is 1. The maximum absolute atomic E-state index is 14.6. The quantitative estimate of drug-likeness (QED) is 0.0869. The lowest BCUT2D eigenvalue weighted by molar-refractivity contribution is -0.348. The van der Waals surface area contributed by atoms with E-state index in [-0.39, 0.29) is 54.9 Å². The molecule has 4 saturated carbocycles. The molecule has 304 valence electrons. The number of amides is 1. The molecule has 13 nitrogen and oxygen atoms in total. The van der Waals surface area contributed by atoms with Crippen LogP contribution in [-0.2, 0) is 23.8 Å². The van der Waals surface area contributed by atoms with Crippen molar-refractivity contribution >= 4 is 11.7 Å². The molecule has 0 aromatic heterocycles. The molecular formula is C42H60N2O11. The first-order valence-electron chi connectivity index (χ1n) is 20.9. The van der Waals surface area contributed by atoms with Crippen molar-refractivity contribution in [3.05, 3.63) is 11.6 Å². The van der Waals surface area contributed by atoms with Gasteiger partial charge in [0.05, 0.1) is 29.2 Å². The first-order chi connectivity index (χ1) is 26.1. The number of nitrogens with one attached hydrogen (secondary N) is 1. The first-order valence-corrected chi connectivity index (χ1v) is 20.9. The topological polar surface area (TPSA) is 198 Å². The molecule has 5 aliphatic heterocycles. The van der Waals surface area contributed by atoms with E-state index in [9.17, 15) is 40.2 Å². The smallest absolute Gasteiger partial charge is 0.240 e. The van der Waals surface area contributed by atoms with Crippen LogP contribution in [-0.4, -0.2) is 134 Å². The van der Waals surface area contributed by atoms with Crippen molar-refractivity contribution in [1.82, 2.24) is 10.2 Å². The minimum Gasteiger partial charge on any atom is -0.396 e. The van der Waals surface area contributed by atoms with Crippen LogP contribution >= 0.6 is 0 Å². The summed E-state index contributed by atoms with van der Waals surface area (Å²) in [7, 11) is 1.67. The van der Waals surface area contributed by atoms with Crippen LogP contribution in [0, 0.1) is 57.7 Å². The molecule has 5 heterocycles. The number of ketones is 1. The number of carbonyl (C=O) groups is 2. The van der Waals surface area contributed by atoms with Gasteiger partial charge in [-0.25, -0.2) is 0 Å². The molecule has 1 amide bonds. The summed E-state index contributed by atoms with van der Waals surface area (Å²) >= 11 is 0. The van der Waals surface area contributed by atoms with Crippen molar-refractivity contribution in [2.75, 3.05) is 33.5 Å². The number of aliphatic hydroxyl groups excluding tert-OH is 2. The molecule has 8 bridgehead atoms. The number of methoxy groups -OCH3 is 1. The van der Waals surface area contributed by atoms with E-state index in [1.165, 1.54) is 6.92 Å². The van der Waals surface area contributed by atoms with Gasteiger partial charge in [0.25, 0.3) is 0 Å². The van der Waals surface area contributed by atoms with Gasteiger partial charge in [0.2, 0.25) is 11.7 Å². The van der Waals surface area contributed by atoms with E-state index in [1.807, 2.05) is 0 Å². The van der Waals surface area contributed by atoms with E-state index in [2.05, 4.69) is 24.1 Å². The Labute approximate surface area is 323 Å². The molecule has 13 heteroatoms. The van der Waals surface area contributed by atoms with Gasteiger partial charge in [0.1, 0.15) is 24.0 Å². The average molecular weight is 769 g/mol. The normalized spacial score (nSPS) is 52.0. The van der Waals surface area contributed by atoms with Crippen molar-refractivity contribution in [2.45, 2.75) is 145 Å². The Morgan fingerprint density at radius 2 is 1.85 bits per heavy atom. The molecule has 7 N–H and O–H groups in total. The van der Waals surface area contributed by atoms with Gasteiger partial charge in [-0.2, -0.15) is 0 Å². The molecule has 55 heavy (non-hydrogen) atoms. The third-order valence-corrected chi connectivity index (χ3v) is 17.0. The molecule has 10 rings (SSSR count). The van der Waals surface area contributed by atoms with E-state index < -0.39 is 82.1 Å². The SMILES string of the molecule is COCCCO[C@H]1CC[C@@]2(C)[C@@H](C1)C(=O)C=C1[C@]3(O)CC[C@H]4[C@]35CCC[C@@H](C5)[C@]12C#CC[C@H]1CN1C(=O)[C@@H]1C[C@@H]2[C@@H](CO)[C@H](O[C@@H]2[C@H](O)N1)C(O)(O)[C@@]4(C)O. The molecule has 2 spiro atoms. The Morgan fingerprint density at radius 3 is 2.62 bits per heavy atom. The van der Waals surface area contributed by atoms with Gasteiger partial charge in [-0.1, -0.05) is 19.3 Å². The zero-order valence-electron chi connectivity index (χ0n) is 32.4. The Morgan fingerprint density at radius 1 is 1.05 bits per heavy atom. The van der Waals surface area contributed by atoms with Crippen molar-refractivity contribution in [3.63, 3.8) is 0 Å². The van der Waals surface area contributed by atoms with Crippen molar-refractivity contribution < 1.29 is 54.4 Å². The molecule has 0 aromatic carbocycles. The maximum Gasteiger partial charge on any atom is 0.240 e. The predicted molar refractivity (Wildman–Crippen MR) is 195 cm³/mol. The van der Waals surface area contributed by atoms with Gasteiger partial charge >= 0.3 is 0 Å². The number of carbonyl (C=O) groups excluding carboxylic acids is 2. The molecule has 0 aromatic rings. The summed E-state index contributed by atoms with van der Waals surface area (Å²) in [5.41, 5.74) is -5.71. The highest BCUT2D eigenvalue weighted by Crippen LogP contribution is 2.78. The van der Waals surface area contributed by atoms with Gasteiger partial charge in [-0.3, -0.25) is 14.9 Å². The minimum atomic E-state index is -2.92. The second kappa shape index (κ2) is 13.0. The number of ether oxygens (including phenoxy) is 3. The predicted octanol–water partition coefficient (Wildman–Crippen LogP) is 0.764. The zero-order chi connectivity index (χ0) is 38.9. The van der Waals surface area contributed by atoms with Crippen molar-refractivity contribution in [1.29, 1.82) is 0 Å². The summed E-state index contributed by atoms with van der Waals surface area (Å²) < 4.78 is 17.8. The molecule has 0 unspecified atom stereocenters.